The van der Waals surface area contributed by atoms with E-state index in [2.05, 4.69) is 35.3 Å². The maximum atomic E-state index is 12.8. The molecule has 2 atom stereocenters. The average molecular weight is 313 g/mol. The van der Waals surface area contributed by atoms with Crippen LogP contribution in [0.25, 0.3) is 0 Å². The number of nitrogens with one attached hydrogen (secondary N) is 1. The van der Waals surface area contributed by atoms with Gasteiger partial charge in [-0.1, -0.05) is 24.3 Å². The van der Waals surface area contributed by atoms with Crippen LogP contribution in [0.2, 0.25) is 0 Å². The predicted octanol–water partition coefficient (Wildman–Crippen LogP) is 2.26. The first-order valence-electron chi connectivity index (χ1n) is 6.98. The third kappa shape index (κ3) is 2.97. The van der Waals surface area contributed by atoms with Crippen LogP contribution >= 0.6 is 24.2 Å². The second kappa shape index (κ2) is 6.83. The summed E-state index contributed by atoms with van der Waals surface area (Å²) in [5.74, 6) is 1.35. The van der Waals surface area contributed by atoms with Gasteiger partial charge in [0, 0.05) is 25.7 Å². The molecule has 0 aromatic heterocycles. The zero-order chi connectivity index (χ0) is 13.2. The zero-order valence-electron chi connectivity index (χ0n) is 11.7. The molecule has 1 aromatic carbocycles. The Morgan fingerprint density at radius 2 is 2.20 bits per heavy atom. The first kappa shape index (κ1) is 15.7. The summed E-state index contributed by atoms with van der Waals surface area (Å²) in [5, 5.41) is 3.35. The van der Waals surface area contributed by atoms with E-state index >= 15 is 0 Å². The van der Waals surface area contributed by atoms with Gasteiger partial charge in [0.15, 0.2) is 0 Å². The van der Waals surface area contributed by atoms with Gasteiger partial charge >= 0.3 is 0 Å². The number of thioether (sulfide) groups is 1. The van der Waals surface area contributed by atoms with Crippen LogP contribution in [0.4, 0.5) is 0 Å². The Hall–Kier alpha value is -0.710. The van der Waals surface area contributed by atoms with Crippen LogP contribution in [0.15, 0.2) is 24.3 Å². The lowest BCUT2D eigenvalue weighted by atomic mass is 10.00. The molecule has 1 amide bonds. The second-order valence-corrected chi connectivity index (χ2v) is 6.50. The molecule has 0 aliphatic carbocycles. The molecule has 2 aliphatic rings. The van der Waals surface area contributed by atoms with Gasteiger partial charge in [0.1, 0.15) is 5.25 Å². The number of nitrogens with zero attached hydrogens (tertiary/aromatic N) is 1. The van der Waals surface area contributed by atoms with Crippen LogP contribution in [0.3, 0.4) is 0 Å². The number of carbonyl (C=O) groups excluding carboxylic acids is 1. The van der Waals surface area contributed by atoms with Crippen molar-refractivity contribution in [3.63, 3.8) is 0 Å². The Morgan fingerprint density at radius 3 is 3.00 bits per heavy atom. The van der Waals surface area contributed by atoms with Gasteiger partial charge in [-0.2, -0.15) is 0 Å². The zero-order valence-corrected chi connectivity index (χ0v) is 13.3. The molecular weight excluding hydrogens is 292 g/mol. The highest BCUT2D eigenvalue weighted by Gasteiger charge is 2.33. The van der Waals surface area contributed by atoms with Crippen LogP contribution in [-0.4, -0.2) is 42.2 Å². The number of fused-ring (bicyclic) bond motifs is 1. The molecule has 1 fully saturated rings. The molecule has 3 rings (SSSR count). The van der Waals surface area contributed by atoms with E-state index in [1.54, 1.807) is 11.8 Å². The molecule has 0 spiro atoms. The highest BCUT2D eigenvalue weighted by molar-refractivity contribution is 8.00. The van der Waals surface area contributed by atoms with E-state index in [1.807, 2.05) is 6.07 Å². The number of halogens is 1. The summed E-state index contributed by atoms with van der Waals surface area (Å²) in [6.07, 6.45) is 1.09. The van der Waals surface area contributed by atoms with Gasteiger partial charge in [0.25, 0.3) is 0 Å². The van der Waals surface area contributed by atoms with Crippen LogP contribution in [0.1, 0.15) is 23.3 Å². The van der Waals surface area contributed by atoms with Gasteiger partial charge in [-0.3, -0.25) is 4.79 Å². The fraction of sp³-hybridized carbons (Fsp3) is 0.533. The number of rotatable bonds is 1. The van der Waals surface area contributed by atoms with Gasteiger partial charge in [0.2, 0.25) is 5.91 Å². The molecule has 110 valence electrons. The maximum Gasteiger partial charge on any atom is 0.240 e. The summed E-state index contributed by atoms with van der Waals surface area (Å²) in [6, 6.07) is 8.71. The summed E-state index contributed by atoms with van der Waals surface area (Å²) < 4.78 is 0. The van der Waals surface area contributed by atoms with E-state index in [0.717, 1.165) is 31.8 Å². The molecule has 3 nitrogen and oxygen atoms in total. The van der Waals surface area contributed by atoms with E-state index in [4.69, 9.17) is 0 Å². The highest BCUT2D eigenvalue weighted by Crippen LogP contribution is 2.38. The third-order valence-electron chi connectivity index (χ3n) is 4.00. The fourth-order valence-corrected chi connectivity index (χ4v) is 4.18. The summed E-state index contributed by atoms with van der Waals surface area (Å²) >= 11 is 1.80. The molecule has 2 aliphatic heterocycles. The van der Waals surface area contributed by atoms with Crippen molar-refractivity contribution in [2.24, 2.45) is 0 Å². The van der Waals surface area contributed by atoms with Crippen molar-refractivity contribution < 1.29 is 4.79 Å². The van der Waals surface area contributed by atoms with Gasteiger partial charge in [-0.25, -0.2) is 0 Å². The van der Waals surface area contributed by atoms with Gasteiger partial charge in [-0.05, 0) is 30.2 Å². The van der Waals surface area contributed by atoms with Crippen molar-refractivity contribution in [2.45, 2.75) is 24.6 Å². The smallest absolute Gasteiger partial charge is 0.240 e. The number of hydrogen-bond acceptors (Lipinski definition) is 3. The summed E-state index contributed by atoms with van der Waals surface area (Å²) in [6.45, 7) is 4.78. The molecule has 1 aromatic rings. The van der Waals surface area contributed by atoms with Crippen molar-refractivity contribution in [1.29, 1.82) is 0 Å². The Bertz CT molecular complexity index is 483. The lowest BCUT2D eigenvalue weighted by molar-refractivity contribution is -0.133. The van der Waals surface area contributed by atoms with Crippen LogP contribution in [-0.2, 0) is 11.2 Å². The van der Waals surface area contributed by atoms with Crippen molar-refractivity contribution in [3.05, 3.63) is 35.4 Å². The molecule has 1 unspecified atom stereocenters. The minimum atomic E-state index is 0. The maximum absolute atomic E-state index is 12.8. The number of hydrogen-bond donors (Lipinski definition) is 1. The van der Waals surface area contributed by atoms with Crippen LogP contribution in [0, 0.1) is 0 Å². The van der Waals surface area contributed by atoms with Gasteiger partial charge in [-0.15, -0.1) is 24.2 Å². The topological polar surface area (TPSA) is 32.3 Å². The van der Waals surface area contributed by atoms with Crippen molar-refractivity contribution in [1.82, 2.24) is 10.2 Å². The SMILES string of the molecule is C[C@H]1CNCCN1C(=O)C1SCCc2ccccc21.Cl. The minimum Gasteiger partial charge on any atom is -0.336 e. The lowest BCUT2D eigenvalue weighted by Crippen LogP contribution is -2.53. The number of carbonyl (C=O) groups is 1. The largest absolute Gasteiger partial charge is 0.336 e. The molecular formula is C15H21ClN2OS. The van der Waals surface area contributed by atoms with E-state index in [1.165, 1.54) is 11.1 Å². The first-order valence-corrected chi connectivity index (χ1v) is 8.03. The van der Waals surface area contributed by atoms with E-state index < -0.39 is 0 Å². The molecule has 1 saturated heterocycles. The molecule has 20 heavy (non-hydrogen) atoms. The number of benzene rings is 1. The van der Waals surface area contributed by atoms with Crippen molar-refractivity contribution in [2.75, 3.05) is 25.4 Å². The van der Waals surface area contributed by atoms with Gasteiger partial charge in [0.05, 0.1) is 0 Å². The number of piperazine rings is 1. The Morgan fingerprint density at radius 1 is 1.40 bits per heavy atom. The van der Waals surface area contributed by atoms with E-state index in [0.29, 0.717) is 11.9 Å². The standard InChI is InChI=1S/C15H20N2OS.ClH/c1-11-10-16-7-8-17(11)15(18)14-13-5-3-2-4-12(13)6-9-19-14;/h2-5,11,14,16H,6-10H2,1H3;1H/t11-,14?;/m0./s1. The summed E-state index contributed by atoms with van der Waals surface area (Å²) in [5.41, 5.74) is 2.58. The van der Waals surface area contributed by atoms with E-state index in [-0.39, 0.29) is 17.7 Å². The Kier molecular flexibility index (Phi) is 5.35. The second-order valence-electron chi connectivity index (χ2n) is 5.28. The fourth-order valence-electron chi connectivity index (χ4n) is 2.92. The summed E-state index contributed by atoms with van der Waals surface area (Å²) in [4.78, 5) is 14.9. The van der Waals surface area contributed by atoms with Crippen LogP contribution < -0.4 is 5.32 Å². The molecule has 1 N–H and O–H groups in total. The summed E-state index contributed by atoms with van der Waals surface area (Å²) in [7, 11) is 0. The van der Waals surface area contributed by atoms with Crippen molar-refractivity contribution in [3.8, 4) is 0 Å². The third-order valence-corrected chi connectivity index (χ3v) is 5.23. The average Bonchev–Trinajstić information content (AvgIpc) is 2.46. The molecule has 0 saturated carbocycles. The van der Waals surface area contributed by atoms with E-state index in [9.17, 15) is 4.79 Å². The monoisotopic (exact) mass is 312 g/mol. The normalized spacial score (nSPS) is 25.6. The Labute approximate surface area is 130 Å². The molecule has 5 heteroatoms. The first-order chi connectivity index (χ1) is 9.27. The Balaban J connectivity index is 0.00000147. The van der Waals surface area contributed by atoms with Gasteiger partial charge < -0.3 is 10.2 Å². The predicted molar refractivity (Wildman–Crippen MR) is 86.6 cm³/mol. The highest BCUT2D eigenvalue weighted by atomic mass is 35.5. The minimum absolute atomic E-state index is 0. The number of aryl methyl sites for hydroxylation is 1. The lowest BCUT2D eigenvalue weighted by Gasteiger charge is -2.37. The molecule has 2 heterocycles. The van der Waals surface area contributed by atoms with Crippen LogP contribution in [0.5, 0.6) is 0 Å². The molecule has 0 radical (unpaired) electrons. The quantitative estimate of drug-likeness (QED) is 0.863. The van der Waals surface area contributed by atoms with Crippen molar-refractivity contribution >= 4 is 30.1 Å². The molecule has 0 bridgehead atoms. The number of amides is 1.